The molecule has 0 saturated carbocycles. The standard InChI is InChI=1S/C19H24ClFN2O3/c1-25-18-10-15(12-23-7-6-22-8-9-24)17(20)11-19(18)26-13-14-2-4-16(21)5-3-14/h2-5,10-11,22-24H,6-9,12-13H2,1H3. The highest BCUT2D eigenvalue weighted by molar-refractivity contribution is 6.31. The molecule has 2 aromatic rings. The monoisotopic (exact) mass is 382 g/mol. The molecule has 5 nitrogen and oxygen atoms in total. The molecule has 0 aliphatic heterocycles. The zero-order valence-electron chi connectivity index (χ0n) is 14.7. The number of hydrogen-bond acceptors (Lipinski definition) is 5. The van der Waals surface area contributed by atoms with Gasteiger partial charge < -0.3 is 25.2 Å². The minimum Gasteiger partial charge on any atom is -0.493 e. The number of ether oxygens (including phenoxy) is 2. The number of aliphatic hydroxyl groups excluding tert-OH is 1. The van der Waals surface area contributed by atoms with Gasteiger partial charge in [-0.1, -0.05) is 23.7 Å². The number of hydrogen-bond donors (Lipinski definition) is 3. The van der Waals surface area contributed by atoms with Crippen molar-refractivity contribution < 1.29 is 19.0 Å². The van der Waals surface area contributed by atoms with Crippen LogP contribution < -0.4 is 20.1 Å². The molecule has 0 spiro atoms. The zero-order chi connectivity index (χ0) is 18.8. The Kier molecular flexibility index (Phi) is 8.64. The second kappa shape index (κ2) is 11.0. The second-order valence-electron chi connectivity index (χ2n) is 5.66. The topological polar surface area (TPSA) is 62.8 Å². The van der Waals surface area contributed by atoms with Crippen molar-refractivity contribution in [3.05, 3.63) is 58.4 Å². The highest BCUT2D eigenvalue weighted by atomic mass is 35.5. The Labute approximate surface area is 158 Å². The van der Waals surface area contributed by atoms with E-state index in [9.17, 15) is 4.39 Å². The molecule has 142 valence electrons. The van der Waals surface area contributed by atoms with Crippen LogP contribution in [0.3, 0.4) is 0 Å². The van der Waals surface area contributed by atoms with Crippen molar-refractivity contribution in [2.24, 2.45) is 0 Å². The summed E-state index contributed by atoms with van der Waals surface area (Å²) < 4.78 is 24.1. The lowest BCUT2D eigenvalue weighted by Crippen LogP contribution is -2.28. The van der Waals surface area contributed by atoms with Crippen LogP contribution in [-0.2, 0) is 13.2 Å². The molecule has 0 saturated heterocycles. The van der Waals surface area contributed by atoms with Gasteiger partial charge in [0.2, 0.25) is 0 Å². The van der Waals surface area contributed by atoms with E-state index in [0.717, 1.165) is 24.2 Å². The lowest BCUT2D eigenvalue weighted by atomic mass is 10.2. The van der Waals surface area contributed by atoms with Gasteiger partial charge in [0.15, 0.2) is 11.5 Å². The maximum atomic E-state index is 13.0. The van der Waals surface area contributed by atoms with Gasteiger partial charge in [-0.2, -0.15) is 0 Å². The van der Waals surface area contributed by atoms with Crippen LogP contribution in [0.25, 0.3) is 0 Å². The molecule has 2 aromatic carbocycles. The van der Waals surface area contributed by atoms with E-state index in [-0.39, 0.29) is 12.4 Å². The van der Waals surface area contributed by atoms with Gasteiger partial charge in [-0.25, -0.2) is 4.39 Å². The molecular weight excluding hydrogens is 359 g/mol. The average molecular weight is 383 g/mol. The predicted octanol–water partition coefficient (Wildman–Crippen LogP) is 2.74. The number of methoxy groups -OCH3 is 1. The van der Waals surface area contributed by atoms with Crippen LogP contribution in [0.15, 0.2) is 36.4 Å². The van der Waals surface area contributed by atoms with Gasteiger partial charge in [-0.3, -0.25) is 0 Å². The average Bonchev–Trinajstić information content (AvgIpc) is 2.65. The van der Waals surface area contributed by atoms with Crippen molar-refractivity contribution in [3.8, 4) is 11.5 Å². The first-order valence-electron chi connectivity index (χ1n) is 8.40. The van der Waals surface area contributed by atoms with Crippen molar-refractivity contribution in [3.63, 3.8) is 0 Å². The van der Waals surface area contributed by atoms with E-state index in [1.165, 1.54) is 12.1 Å². The summed E-state index contributed by atoms with van der Waals surface area (Å²) in [5, 5.41) is 15.7. The minimum absolute atomic E-state index is 0.127. The smallest absolute Gasteiger partial charge is 0.163 e. The number of halogens is 2. The van der Waals surface area contributed by atoms with Crippen LogP contribution >= 0.6 is 11.6 Å². The summed E-state index contributed by atoms with van der Waals surface area (Å²) in [5.41, 5.74) is 1.76. The van der Waals surface area contributed by atoms with E-state index in [0.29, 0.717) is 36.2 Å². The van der Waals surface area contributed by atoms with Crippen LogP contribution in [0, 0.1) is 5.82 Å². The summed E-state index contributed by atoms with van der Waals surface area (Å²) in [7, 11) is 1.57. The molecule has 0 amide bonds. The molecule has 0 aromatic heterocycles. The SMILES string of the molecule is COc1cc(CNCCNCCO)c(Cl)cc1OCc1ccc(F)cc1. The lowest BCUT2D eigenvalue weighted by Gasteiger charge is -2.14. The van der Waals surface area contributed by atoms with Gasteiger partial charge in [0.1, 0.15) is 12.4 Å². The first kappa shape index (κ1) is 20.5. The number of benzene rings is 2. The maximum Gasteiger partial charge on any atom is 0.163 e. The van der Waals surface area contributed by atoms with Crippen molar-refractivity contribution in [2.45, 2.75) is 13.2 Å². The van der Waals surface area contributed by atoms with E-state index in [2.05, 4.69) is 10.6 Å². The van der Waals surface area contributed by atoms with Crippen molar-refractivity contribution in [1.82, 2.24) is 10.6 Å². The van der Waals surface area contributed by atoms with Gasteiger partial charge in [0, 0.05) is 37.3 Å². The summed E-state index contributed by atoms with van der Waals surface area (Å²) in [6.07, 6.45) is 0. The number of aliphatic hydroxyl groups is 1. The molecule has 0 fully saturated rings. The molecule has 0 atom stereocenters. The molecule has 0 heterocycles. The van der Waals surface area contributed by atoms with Gasteiger partial charge in [0.05, 0.1) is 13.7 Å². The normalized spacial score (nSPS) is 10.8. The molecule has 0 unspecified atom stereocenters. The Morgan fingerprint density at radius 1 is 1.04 bits per heavy atom. The first-order valence-corrected chi connectivity index (χ1v) is 8.77. The van der Waals surface area contributed by atoms with Crippen molar-refractivity contribution >= 4 is 11.6 Å². The second-order valence-corrected chi connectivity index (χ2v) is 6.07. The van der Waals surface area contributed by atoms with E-state index in [1.807, 2.05) is 6.07 Å². The number of rotatable bonds is 11. The highest BCUT2D eigenvalue weighted by Crippen LogP contribution is 2.33. The number of nitrogens with one attached hydrogen (secondary N) is 2. The fourth-order valence-electron chi connectivity index (χ4n) is 2.33. The van der Waals surface area contributed by atoms with Crippen LogP contribution in [0.1, 0.15) is 11.1 Å². The molecular formula is C19H24ClFN2O3. The Balaban J connectivity index is 1.93. The Bertz CT molecular complexity index is 683. The van der Waals surface area contributed by atoms with E-state index in [1.54, 1.807) is 25.3 Å². The molecule has 2 rings (SSSR count). The third-order valence-electron chi connectivity index (χ3n) is 3.72. The van der Waals surface area contributed by atoms with Crippen molar-refractivity contribution in [2.75, 3.05) is 33.4 Å². The third kappa shape index (κ3) is 6.46. The summed E-state index contributed by atoms with van der Waals surface area (Å²) in [6.45, 7) is 3.10. The largest absolute Gasteiger partial charge is 0.493 e. The molecule has 26 heavy (non-hydrogen) atoms. The molecule has 0 radical (unpaired) electrons. The lowest BCUT2D eigenvalue weighted by molar-refractivity contribution is 0.284. The molecule has 0 bridgehead atoms. The Hall–Kier alpha value is -1.86. The van der Waals surface area contributed by atoms with E-state index >= 15 is 0 Å². The van der Waals surface area contributed by atoms with Crippen LogP contribution in [-0.4, -0.2) is 38.5 Å². The minimum atomic E-state index is -0.280. The fourth-order valence-corrected chi connectivity index (χ4v) is 2.55. The van der Waals surface area contributed by atoms with Gasteiger partial charge in [-0.15, -0.1) is 0 Å². The summed E-state index contributed by atoms with van der Waals surface area (Å²) in [4.78, 5) is 0. The summed E-state index contributed by atoms with van der Waals surface area (Å²) >= 11 is 6.35. The zero-order valence-corrected chi connectivity index (χ0v) is 15.5. The third-order valence-corrected chi connectivity index (χ3v) is 4.07. The van der Waals surface area contributed by atoms with Gasteiger partial charge in [0.25, 0.3) is 0 Å². The van der Waals surface area contributed by atoms with Crippen molar-refractivity contribution in [1.29, 1.82) is 0 Å². The molecule has 0 aliphatic carbocycles. The van der Waals surface area contributed by atoms with Gasteiger partial charge >= 0.3 is 0 Å². The first-order chi connectivity index (χ1) is 12.6. The molecule has 3 N–H and O–H groups in total. The van der Waals surface area contributed by atoms with Crippen LogP contribution in [0.2, 0.25) is 5.02 Å². The Morgan fingerprint density at radius 2 is 1.77 bits per heavy atom. The molecule has 0 aliphatic rings. The maximum absolute atomic E-state index is 13.0. The predicted molar refractivity (Wildman–Crippen MR) is 100 cm³/mol. The van der Waals surface area contributed by atoms with E-state index < -0.39 is 0 Å². The van der Waals surface area contributed by atoms with E-state index in [4.69, 9.17) is 26.2 Å². The van der Waals surface area contributed by atoms with Gasteiger partial charge in [-0.05, 0) is 29.3 Å². The molecule has 7 heteroatoms. The fraction of sp³-hybridized carbons (Fsp3) is 0.368. The quantitative estimate of drug-likeness (QED) is 0.522. The highest BCUT2D eigenvalue weighted by Gasteiger charge is 2.11. The van der Waals surface area contributed by atoms with Crippen LogP contribution in [0.5, 0.6) is 11.5 Å². The summed E-state index contributed by atoms with van der Waals surface area (Å²) in [6, 6.07) is 9.71. The Morgan fingerprint density at radius 3 is 2.46 bits per heavy atom. The summed E-state index contributed by atoms with van der Waals surface area (Å²) in [5.74, 6) is 0.847. The van der Waals surface area contributed by atoms with Crippen LogP contribution in [0.4, 0.5) is 4.39 Å².